The molecule has 0 aromatic heterocycles. The summed E-state index contributed by atoms with van der Waals surface area (Å²) in [6, 6.07) is 9.30. The molecule has 0 heterocycles. The first-order chi connectivity index (χ1) is 8.68. The van der Waals surface area contributed by atoms with Crippen molar-refractivity contribution >= 4 is 28.5 Å². The van der Waals surface area contributed by atoms with Crippen molar-refractivity contribution in [1.82, 2.24) is 5.32 Å². The number of benzene rings is 1. The van der Waals surface area contributed by atoms with Crippen molar-refractivity contribution in [1.29, 1.82) is 0 Å². The van der Waals surface area contributed by atoms with Crippen LogP contribution in [-0.2, 0) is 4.79 Å². The van der Waals surface area contributed by atoms with Crippen molar-refractivity contribution in [2.45, 2.75) is 35.1 Å². The molecule has 6 atom stereocenters. The van der Waals surface area contributed by atoms with E-state index in [1.165, 1.54) is 6.42 Å². The molecule has 0 radical (unpaired) electrons. The minimum absolute atomic E-state index is 0.125. The molecule has 2 bridgehead atoms. The van der Waals surface area contributed by atoms with Crippen LogP contribution in [-0.4, -0.2) is 15.9 Å². The Morgan fingerprint density at radius 2 is 1.94 bits per heavy atom. The molecule has 0 aliphatic heterocycles. The number of rotatable bonds is 1. The summed E-state index contributed by atoms with van der Waals surface area (Å²) in [7, 11) is 0. The molecule has 0 saturated heterocycles. The molecule has 2 nitrogen and oxygen atoms in total. The van der Waals surface area contributed by atoms with Crippen LogP contribution in [0.3, 0.4) is 0 Å². The van der Waals surface area contributed by atoms with Crippen LogP contribution in [0.2, 0.25) is 0 Å². The van der Waals surface area contributed by atoms with E-state index >= 15 is 0 Å². The van der Waals surface area contributed by atoms with E-state index in [4.69, 9.17) is 0 Å². The lowest BCUT2D eigenvalue weighted by molar-refractivity contribution is -0.120. The van der Waals surface area contributed by atoms with Gasteiger partial charge in [0.15, 0.2) is 0 Å². The van der Waals surface area contributed by atoms with Gasteiger partial charge in [-0.1, -0.05) is 46.9 Å². The highest BCUT2D eigenvalue weighted by Crippen LogP contribution is 2.69. The van der Waals surface area contributed by atoms with Gasteiger partial charge in [0, 0.05) is 16.9 Å². The number of fused-ring (bicyclic) bond motifs is 8. The Morgan fingerprint density at radius 3 is 2.61 bits per heavy atom. The van der Waals surface area contributed by atoms with Crippen LogP contribution in [0.15, 0.2) is 24.3 Å². The van der Waals surface area contributed by atoms with E-state index < -0.39 is 0 Å². The molecule has 3 aliphatic rings. The number of halogens is 1. The molecule has 0 spiro atoms. The van der Waals surface area contributed by atoms with Gasteiger partial charge < -0.3 is 5.32 Å². The topological polar surface area (TPSA) is 29.1 Å². The van der Waals surface area contributed by atoms with Crippen molar-refractivity contribution in [2.24, 2.45) is 11.8 Å². The Hall–Kier alpha value is -0.580. The van der Waals surface area contributed by atoms with E-state index in [1.807, 2.05) is 0 Å². The normalized spacial score (nSPS) is 43.0. The molecular weight excluding hydrogens is 337 g/mol. The molecule has 1 aromatic carbocycles. The first-order valence-corrected chi connectivity index (χ1v) is 7.93. The van der Waals surface area contributed by atoms with Gasteiger partial charge in [-0.25, -0.2) is 0 Å². The second-order valence-electron chi connectivity index (χ2n) is 5.91. The summed E-state index contributed by atoms with van der Waals surface area (Å²) in [4.78, 5) is 11.3. The summed E-state index contributed by atoms with van der Waals surface area (Å²) in [5.74, 6) is 3.03. The van der Waals surface area contributed by atoms with E-state index in [0.29, 0.717) is 17.9 Å². The molecule has 3 aliphatic carbocycles. The zero-order valence-electron chi connectivity index (χ0n) is 10.3. The standard InChI is InChI=1S/C15H16INO/c1-7(18)17-11-6-10-12-8-4-2-3-5-9(8)13(12)14(11)15(10)16/h2-5,10-15H,6H2,1H3,(H,17,18)/t10-,11+,12+,13+,14+,15-/m1/s1. The molecule has 4 rings (SSSR count). The van der Waals surface area contributed by atoms with Gasteiger partial charge in [-0.2, -0.15) is 0 Å². The summed E-state index contributed by atoms with van der Waals surface area (Å²) in [6.45, 7) is 1.64. The van der Waals surface area contributed by atoms with Crippen molar-refractivity contribution in [3.05, 3.63) is 35.4 Å². The number of carbonyl (C=O) groups excluding carboxylic acids is 1. The fourth-order valence-corrected chi connectivity index (χ4v) is 6.34. The molecule has 18 heavy (non-hydrogen) atoms. The Morgan fingerprint density at radius 1 is 1.28 bits per heavy atom. The van der Waals surface area contributed by atoms with Crippen LogP contribution in [0, 0.1) is 11.8 Å². The van der Waals surface area contributed by atoms with E-state index in [9.17, 15) is 4.79 Å². The van der Waals surface area contributed by atoms with Crippen LogP contribution in [0.4, 0.5) is 0 Å². The average Bonchev–Trinajstić information content (AvgIpc) is 2.72. The van der Waals surface area contributed by atoms with Crippen molar-refractivity contribution in [3.63, 3.8) is 0 Å². The van der Waals surface area contributed by atoms with Gasteiger partial charge >= 0.3 is 0 Å². The maximum Gasteiger partial charge on any atom is 0.217 e. The molecule has 2 saturated carbocycles. The van der Waals surface area contributed by atoms with Gasteiger partial charge in [0.2, 0.25) is 5.91 Å². The van der Waals surface area contributed by atoms with Gasteiger partial charge in [0.1, 0.15) is 0 Å². The first-order valence-electron chi connectivity index (χ1n) is 6.68. The highest BCUT2D eigenvalue weighted by molar-refractivity contribution is 14.1. The fraction of sp³-hybridized carbons (Fsp3) is 0.533. The molecule has 1 aromatic rings. The first kappa shape index (κ1) is 11.3. The number of hydrogen-bond donors (Lipinski definition) is 1. The number of carbonyl (C=O) groups is 1. The molecule has 1 amide bonds. The summed E-state index contributed by atoms with van der Waals surface area (Å²) in [5.41, 5.74) is 3.13. The summed E-state index contributed by atoms with van der Waals surface area (Å²) in [5, 5.41) is 3.18. The minimum Gasteiger partial charge on any atom is -0.353 e. The van der Waals surface area contributed by atoms with Crippen LogP contribution >= 0.6 is 22.6 Å². The average molecular weight is 353 g/mol. The molecule has 0 unspecified atom stereocenters. The quantitative estimate of drug-likeness (QED) is 0.611. The van der Waals surface area contributed by atoms with Gasteiger partial charge in [0.25, 0.3) is 0 Å². The van der Waals surface area contributed by atoms with E-state index in [-0.39, 0.29) is 5.91 Å². The van der Waals surface area contributed by atoms with Gasteiger partial charge in [-0.3, -0.25) is 4.79 Å². The number of alkyl halides is 1. The summed E-state index contributed by atoms with van der Waals surface area (Å²) >= 11 is 2.63. The van der Waals surface area contributed by atoms with Crippen LogP contribution in [0.5, 0.6) is 0 Å². The van der Waals surface area contributed by atoms with E-state index in [2.05, 4.69) is 52.2 Å². The lowest BCUT2D eigenvalue weighted by Gasteiger charge is -2.45. The number of hydrogen-bond acceptors (Lipinski definition) is 1. The maximum atomic E-state index is 11.3. The third-order valence-corrected chi connectivity index (χ3v) is 6.89. The fourth-order valence-electron chi connectivity index (χ4n) is 4.65. The molecule has 3 heteroatoms. The predicted octanol–water partition coefficient (Wildman–Crippen LogP) is 2.83. The largest absolute Gasteiger partial charge is 0.353 e. The zero-order valence-corrected chi connectivity index (χ0v) is 12.4. The molecule has 94 valence electrons. The van der Waals surface area contributed by atoms with Crippen LogP contribution in [0.1, 0.15) is 36.3 Å². The predicted molar refractivity (Wildman–Crippen MR) is 78.9 cm³/mol. The third kappa shape index (κ3) is 1.26. The van der Waals surface area contributed by atoms with Gasteiger partial charge in [-0.05, 0) is 41.2 Å². The van der Waals surface area contributed by atoms with Gasteiger partial charge in [0.05, 0.1) is 0 Å². The van der Waals surface area contributed by atoms with E-state index in [0.717, 1.165) is 15.8 Å². The Bertz CT molecular complexity index is 529. The Labute approximate surface area is 121 Å². The van der Waals surface area contributed by atoms with Crippen LogP contribution in [0.25, 0.3) is 0 Å². The maximum absolute atomic E-state index is 11.3. The third-order valence-electron chi connectivity index (χ3n) is 5.13. The second-order valence-corrected chi connectivity index (χ2v) is 7.35. The Kier molecular flexibility index (Phi) is 2.32. The van der Waals surface area contributed by atoms with Crippen molar-refractivity contribution in [3.8, 4) is 0 Å². The highest BCUT2D eigenvalue weighted by Gasteiger charge is 2.63. The van der Waals surface area contributed by atoms with Gasteiger partial charge in [-0.15, -0.1) is 0 Å². The lowest BCUT2D eigenvalue weighted by Crippen LogP contribution is -2.44. The molecule has 1 N–H and O–H groups in total. The molecular formula is C15H16INO. The number of amides is 1. The lowest BCUT2D eigenvalue weighted by atomic mass is 9.60. The molecule has 2 fully saturated rings. The summed E-state index contributed by atoms with van der Waals surface area (Å²) in [6.07, 6.45) is 1.17. The number of nitrogens with one attached hydrogen (secondary N) is 1. The van der Waals surface area contributed by atoms with Crippen molar-refractivity contribution in [2.75, 3.05) is 0 Å². The Balaban J connectivity index is 1.70. The van der Waals surface area contributed by atoms with Crippen molar-refractivity contribution < 1.29 is 4.79 Å². The SMILES string of the molecule is CC(=O)N[C@H]1C[C@H]2[C@@H](I)[C@@H]1[C@H]1c3ccccc3[C@@H]21. The zero-order chi connectivity index (χ0) is 12.4. The highest BCUT2D eigenvalue weighted by atomic mass is 127. The van der Waals surface area contributed by atoms with E-state index in [1.54, 1.807) is 18.1 Å². The summed E-state index contributed by atoms with van der Waals surface area (Å²) < 4.78 is 0.724. The monoisotopic (exact) mass is 353 g/mol. The van der Waals surface area contributed by atoms with Crippen LogP contribution < -0.4 is 5.32 Å². The second kappa shape index (κ2) is 3.71. The minimum atomic E-state index is 0.125. The smallest absolute Gasteiger partial charge is 0.217 e.